The van der Waals surface area contributed by atoms with Crippen molar-refractivity contribution in [3.63, 3.8) is 0 Å². The van der Waals surface area contributed by atoms with Gasteiger partial charge in [0, 0.05) is 31.0 Å². The Balaban J connectivity index is 1.77. The molecule has 3 rings (SSSR count). The third-order valence-corrected chi connectivity index (χ3v) is 7.67. The molecule has 0 spiro atoms. The van der Waals surface area contributed by atoms with Crippen LogP contribution in [0.15, 0.2) is 64.0 Å². The number of amides is 2. The molecular formula is C28H36N4O5S. The van der Waals surface area contributed by atoms with Crippen LogP contribution in [-0.2, 0) is 26.0 Å². The first-order valence-corrected chi connectivity index (χ1v) is 14.2. The number of unbranched alkanes of at least 4 members (excludes halogenated alkanes) is 1. The third-order valence-electron chi connectivity index (χ3n) is 6.26. The van der Waals surface area contributed by atoms with Crippen LogP contribution in [0.5, 0.6) is 0 Å². The lowest BCUT2D eigenvalue weighted by molar-refractivity contribution is -0.144. The van der Waals surface area contributed by atoms with Gasteiger partial charge in [0.15, 0.2) is 0 Å². The molecule has 0 fully saturated rings. The molecule has 0 aliphatic heterocycles. The molecule has 204 valence electrons. The Morgan fingerprint density at radius 1 is 1.08 bits per heavy atom. The first-order chi connectivity index (χ1) is 18.0. The van der Waals surface area contributed by atoms with Gasteiger partial charge in [0.05, 0.1) is 10.6 Å². The molecule has 2 aromatic carbocycles. The highest BCUT2D eigenvalue weighted by Gasteiger charge is 2.27. The molecule has 0 aliphatic rings. The first kappa shape index (κ1) is 28.9. The van der Waals surface area contributed by atoms with E-state index < -0.39 is 10.0 Å². The highest BCUT2D eigenvalue weighted by molar-refractivity contribution is 7.92. The number of hydrogen-bond acceptors (Lipinski definition) is 6. The quantitative estimate of drug-likeness (QED) is 0.332. The summed E-state index contributed by atoms with van der Waals surface area (Å²) < 4.78 is 33.6. The van der Waals surface area contributed by atoms with Gasteiger partial charge in [0.25, 0.3) is 10.0 Å². The zero-order valence-corrected chi connectivity index (χ0v) is 23.3. The molecule has 10 heteroatoms. The van der Waals surface area contributed by atoms with Gasteiger partial charge >= 0.3 is 0 Å². The SMILES string of the molecule is CCCCC(=O)NN(C)C(=O)C(Cc1ccc(-c2ccccc2S(=O)(=O)Nc2cc(C)no2)cc1)C(C)C. The molecule has 3 aromatic rings. The lowest BCUT2D eigenvalue weighted by Crippen LogP contribution is -2.47. The maximum absolute atomic E-state index is 13.1. The minimum Gasteiger partial charge on any atom is -0.338 e. The summed E-state index contributed by atoms with van der Waals surface area (Å²) in [5.74, 6) is -0.563. The van der Waals surface area contributed by atoms with E-state index in [-0.39, 0.29) is 34.4 Å². The Morgan fingerprint density at radius 3 is 2.37 bits per heavy atom. The van der Waals surface area contributed by atoms with Crippen molar-refractivity contribution in [2.75, 3.05) is 11.8 Å². The van der Waals surface area contributed by atoms with Gasteiger partial charge in [-0.3, -0.25) is 20.0 Å². The topological polar surface area (TPSA) is 122 Å². The van der Waals surface area contributed by atoms with Crippen LogP contribution in [-0.4, -0.2) is 37.4 Å². The van der Waals surface area contributed by atoms with Crippen LogP contribution >= 0.6 is 0 Å². The summed E-state index contributed by atoms with van der Waals surface area (Å²) in [6, 6.07) is 15.7. The largest absolute Gasteiger partial charge is 0.338 e. The first-order valence-electron chi connectivity index (χ1n) is 12.7. The molecule has 2 N–H and O–H groups in total. The Bertz CT molecular complexity index is 1350. The van der Waals surface area contributed by atoms with Gasteiger partial charge in [-0.05, 0) is 42.9 Å². The molecule has 0 aliphatic carbocycles. The zero-order chi connectivity index (χ0) is 27.9. The van der Waals surface area contributed by atoms with Crippen LogP contribution in [0.1, 0.15) is 51.3 Å². The molecule has 1 atom stereocenters. The van der Waals surface area contributed by atoms with Crippen molar-refractivity contribution in [2.24, 2.45) is 11.8 Å². The van der Waals surface area contributed by atoms with E-state index in [2.05, 4.69) is 15.3 Å². The number of hydrogen-bond donors (Lipinski definition) is 2. The van der Waals surface area contributed by atoms with Crippen LogP contribution in [0, 0.1) is 18.8 Å². The summed E-state index contributed by atoms with van der Waals surface area (Å²) in [6.45, 7) is 7.67. The molecule has 0 bridgehead atoms. The molecule has 38 heavy (non-hydrogen) atoms. The molecule has 9 nitrogen and oxygen atoms in total. The van der Waals surface area contributed by atoms with Gasteiger partial charge < -0.3 is 4.52 Å². The second kappa shape index (κ2) is 12.7. The summed E-state index contributed by atoms with van der Waals surface area (Å²) >= 11 is 0. The average Bonchev–Trinajstić information content (AvgIpc) is 3.29. The van der Waals surface area contributed by atoms with Crippen molar-refractivity contribution in [1.29, 1.82) is 0 Å². The number of rotatable bonds is 11. The number of hydrazine groups is 1. The monoisotopic (exact) mass is 540 g/mol. The Hall–Kier alpha value is -3.66. The maximum atomic E-state index is 13.1. The maximum Gasteiger partial charge on any atom is 0.264 e. The van der Waals surface area contributed by atoms with E-state index >= 15 is 0 Å². The molecule has 2 amide bonds. The predicted octanol–water partition coefficient (Wildman–Crippen LogP) is 4.95. The number of carbonyl (C=O) groups excluding carboxylic acids is 2. The summed E-state index contributed by atoms with van der Waals surface area (Å²) in [5.41, 5.74) is 5.43. The molecule has 1 aromatic heterocycles. The standard InChI is InChI=1S/C28H36N4O5S/c1-6-7-12-26(33)29-32(5)28(34)24(19(2)3)18-21-13-15-22(16-14-21)23-10-8-9-11-25(23)38(35,36)31-27-17-20(4)30-37-27/h8-11,13-17,19,24,31H,6-7,12,18H2,1-5H3,(H,29,33). The van der Waals surface area contributed by atoms with Crippen LogP contribution in [0.3, 0.4) is 0 Å². The van der Waals surface area contributed by atoms with Gasteiger partial charge in [0.1, 0.15) is 0 Å². The molecule has 1 unspecified atom stereocenters. The van der Waals surface area contributed by atoms with Crippen LogP contribution < -0.4 is 10.1 Å². The van der Waals surface area contributed by atoms with Gasteiger partial charge in [0.2, 0.25) is 17.7 Å². The van der Waals surface area contributed by atoms with E-state index in [4.69, 9.17) is 4.52 Å². The number of carbonyl (C=O) groups is 2. The third kappa shape index (κ3) is 7.44. The normalized spacial score (nSPS) is 12.3. The molecule has 1 heterocycles. The van der Waals surface area contributed by atoms with Crippen LogP contribution in [0.4, 0.5) is 5.88 Å². The minimum absolute atomic E-state index is 0.0450. The molecule has 0 saturated carbocycles. The van der Waals surface area contributed by atoms with E-state index in [1.165, 1.54) is 17.1 Å². The number of benzene rings is 2. The number of nitrogens with one attached hydrogen (secondary N) is 2. The fourth-order valence-corrected chi connectivity index (χ4v) is 5.31. The number of aryl methyl sites for hydroxylation is 1. The van der Waals surface area contributed by atoms with Crippen molar-refractivity contribution in [3.8, 4) is 11.1 Å². The van der Waals surface area contributed by atoms with Gasteiger partial charge in [-0.15, -0.1) is 0 Å². The predicted molar refractivity (Wildman–Crippen MR) is 146 cm³/mol. The number of sulfonamides is 1. The van der Waals surface area contributed by atoms with Crippen molar-refractivity contribution >= 4 is 27.7 Å². The number of aromatic nitrogens is 1. The van der Waals surface area contributed by atoms with Gasteiger partial charge in [-0.1, -0.05) is 74.8 Å². The lowest BCUT2D eigenvalue weighted by Gasteiger charge is -2.26. The van der Waals surface area contributed by atoms with E-state index in [0.717, 1.165) is 24.0 Å². The van der Waals surface area contributed by atoms with E-state index in [0.29, 0.717) is 24.1 Å². The van der Waals surface area contributed by atoms with E-state index in [1.54, 1.807) is 32.2 Å². The summed E-state index contributed by atoms with van der Waals surface area (Å²) in [5, 5.41) is 5.01. The van der Waals surface area contributed by atoms with Crippen molar-refractivity contribution in [3.05, 3.63) is 65.9 Å². The Kier molecular flexibility index (Phi) is 9.68. The lowest BCUT2D eigenvalue weighted by atomic mass is 9.88. The van der Waals surface area contributed by atoms with Crippen molar-refractivity contribution < 1.29 is 22.5 Å². The van der Waals surface area contributed by atoms with Crippen molar-refractivity contribution in [1.82, 2.24) is 15.6 Å². The smallest absolute Gasteiger partial charge is 0.264 e. The van der Waals surface area contributed by atoms with Crippen molar-refractivity contribution in [2.45, 2.75) is 58.3 Å². The zero-order valence-electron chi connectivity index (χ0n) is 22.5. The van der Waals surface area contributed by atoms with Crippen LogP contribution in [0.25, 0.3) is 11.1 Å². The number of nitrogens with zero attached hydrogens (tertiary/aromatic N) is 2. The van der Waals surface area contributed by atoms with Gasteiger partial charge in [-0.25, -0.2) is 13.1 Å². The highest BCUT2D eigenvalue weighted by atomic mass is 32.2. The second-order valence-corrected chi connectivity index (χ2v) is 11.4. The molecule has 0 radical (unpaired) electrons. The molecular weight excluding hydrogens is 504 g/mol. The van der Waals surface area contributed by atoms with Gasteiger partial charge in [-0.2, -0.15) is 0 Å². The van der Waals surface area contributed by atoms with E-state index in [1.807, 2.05) is 45.0 Å². The fourth-order valence-electron chi connectivity index (χ4n) is 4.11. The Morgan fingerprint density at radius 2 is 1.76 bits per heavy atom. The molecule has 0 saturated heterocycles. The Labute approximate surface area is 224 Å². The number of anilines is 1. The average molecular weight is 541 g/mol. The van der Waals surface area contributed by atoms with E-state index in [9.17, 15) is 18.0 Å². The van der Waals surface area contributed by atoms with Crippen LogP contribution in [0.2, 0.25) is 0 Å². The summed E-state index contributed by atoms with van der Waals surface area (Å²) in [7, 11) is -2.34. The summed E-state index contributed by atoms with van der Waals surface area (Å²) in [6.07, 6.45) is 2.54. The highest BCUT2D eigenvalue weighted by Crippen LogP contribution is 2.30. The fraction of sp³-hybridized carbons (Fsp3) is 0.393. The summed E-state index contributed by atoms with van der Waals surface area (Å²) in [4.78, 5) is 25.3. The second-order valence-electron chi connectivity index (χ2n) is 9.72. The minimum atomic E-state index is -3.92.